The first kappa shape index (κ1) is 9.01. The molecule has 11 heavy (non-hydrogen) atoms. The van der Waals surface area contributed by atoms with Gasteiger partial charge in [-0.1, -0.05) is 6.92 Å². The highest BCUT2D eigenvalue weighted by molar-refractivity contribution is 4.78. The molecule has 0 amide bonds. The van der Waals surface area contributed by atoms with E-state index in [9.17, 15) is 0 Å². The molecule has 2 atom stereocenters. The summed E-state index contributed by atoms with van der Waals surface area (Å²) in [6.45, 7) is 8.07. The Morgan fingerprint density at radius 1 is 1.64 bits per heavy atom. The number of hydrogen-bond acceptors (Lipinski definition) is 2. The lowest BCUT2D eigenvalue weighted by Gasteiger charge is -2.18. The van der Waals surface area contributed by atoms with Gasteiger partial charge in [-0.05, 0) is 32.4 Å². The lowest BCUT2D eigenvalue weighted by molar-refractivity contribution is 0.0699. The smallest absolute Gasteiger partial charge is 0.0584 e. The van der Waals surface area contributed by atoms with Crippen molar-refractivity contribution < 1.29 is 4.74 Å². The number of nitrogens with zero attached hydrogens (tertiary/aromatic N) is 1. The number of rotatable bonds is 3. The second kappa shape index (κ2) is 4.07. The van der Waals surface area contributed by atoms with Gasteiger partial charge < -0.3 is 9.64 Å². The van der Waals surface area contributed by atoms with Crippen molar-refractivity contribution in [3.63, 3.8) is 0 Å². The van der Waals surface area contributed by atoms with E-state index in [-0.39, 0.29) is 0 Å². The monoisotopic (exact) mass is 157 g/mol. The molecule has 1 rings (SSSR count). The minimum Gasteiger partial charge on any atom is -0.381 e. The van der Waals surface area contributed by atoms with Crippen molar-refractivity contribution in [3.05, 3.63) is 0 Å². The van der Waals surface area contributed by atoms with Gasteiger partial charge in [0.2, 0.25) is 0 Å². The molecule has 0 saturated carbocycles. The second-order valence-electron chi connectivity index (χ2n) is 3.38. The lowest BCUT2D eigenvalue weighted by Crippen LogP contribution is -2.25. The Morgan fingerprint density at radius 3 is 2.82 bits per heavy atom. The predicted octanol–water partition coefficient (Wildman–Crippen LogP) is 1.36. The van der Waals surface area contributed by atoms with Gasteiger partial charge in [-0.15, -0.1) is 0 Å². The molecule has 0 aromatic carbocycles. The number of hydrogen-bond donors (Lipinski definition) is 0. The van der Waals surface area contributed by atoms with Crippen LogP contribution in [0.4, 0.5) is 0 Å². The maximum atomic E-state index is 5.30. The molecule has 0 aliphatic carbocycles. The van der Waals surface area contributed by atoms with Gasteiger partial charge in [0.15, 0.2) is 0 Å². The van der Waals surface area contributed by atoms with Gasteiger partial charge in [-0.3, -0.25) is 0 Å². The van der Waals surface area contributed by atoms with E-state index in [4.69, 9.17) is 4.74 Å². The van der Waals surface area contributed by atoms with Crippen LogP contribution in [0.5, 0.6) is 0 Å². The summed E-state index contributed by atoms with van der Waals surface area (Å²) < 4.78 is 5.30. The van der Waals surface area contributed by atoms with Gasteiger partial charge in [0.1, 0.15) is 0 Å². The van der Waals surface area contributed by atoms with Crippen molar-refractivity contribution in [1.29, 1.82) is 0 Å². The molecule has 0 spiro atoms. The van der Waals surface area contributed by atoms with E-state index in [1.165, 1.54) is 26.1 Å². The first-order valence-corrected chi connectivity index (χ1v) is 4.53. The van der Waals surface area contributed by atoms with Crippen LogP contribution >= 0.6 is 0 Å². The summed E-state index contributed by atoms with van der Waals surface area (Å²) in [5.74, 6) is 0.764. The Hall–Kier alpha value is -0.0800. The normalized spacial score (nSPS) is 29.2. The van der Waals surface area contributed by atoms with E-state index in [1.807, 2.05) is 0 Å². The van der Waals surface area contributed by atoms with E-state index >= 15 is 0 Å². The molecule has 2 nitrogen and oxygen atoms in total. The van der Waals surface area contributed by atoms with Crippen molar-refractivity contribution in [2.45, 2.75) is 26.4 Å². The summed E-state index contributed by atoms with van der Waals surface area (Å²) in [7, 11) is 1.80. The number of ether oxygens (including phenoxy) is 1. The van der Waals surface area contributed by atoms with E-state index in [1.54, 1.807) is 7.11 Å². The lowest BCUT2D eigenvalue weighted by atomic mass is 10.0. The minimum atomic E-state index is 0.437. The highest BCUT2D eigenvalue weighted by atomic mass is 16.5. The average molecular weight is 157 g/mol. The fraction of sp³-hybridized carbons (Fsp3) is 1.00. The van der Waals surface area contributed by atoms with Gasteiger partial charge in [-0.25, -0.2) is 0 Å². The second-order valence-corrected chi connectivity index (χ2v) is 3.38. The zero-order chi connectivity index (χ0) is 8.27. The van der Waals surface area contributed by atoms with Crippen LogP contribution < -0.4 is 0 Å². The van der Waals surface area contributed by atoms with Crippen molar-refractivity contribution in [2.75, 3.05) is 26.7 Å². The largest absolute Gasteiger partial charge is 0.381 e. The summed E-state index contributed by atoms with van der Waals surface area (Å²) in [6, 6.07) is 0. The van der Waals surface area contributed by atoms with Gasteiger partial charge >= 0.3 is 0 Å². The SMILES string of the molecule is CCN1CCC(C(C)OC)C1. The Bertz CT molecular complexity index is 116. The zero-order valence-corrected chi connectivity index (χ0v) is 7.84. The van der Waals surface area contributed by atoms with Crippen molar-refractivity contribution >= 4 is 0 Å². The van der Waals surface area contributed by atoms with Crippen molar-refractivity contribution in [1.82, 2.24) is 4.90 Å². The van der Waals surface area contributed by atoms with E-state index < -0.39 is 0 Å². The molecule has 0 N–H and O–H groups in total. The summed E-state index contributed by atoms with van der Waals surface area (Å²) in [5, 5.41) is 0. The quantitative estimate of drug-likeness (QED) is 0.613. The molecule has 1 aliphatic heterocycles. The summed E-state index contributed by atoms with van der Waals surface area (Å²) in [4.78, 5) is 2.49. The number of methoxy groups -OCH3 is 1. The van der Waals surface area contributed by atoms with Crippen molar-refractivity contribution in [3.8, 4) is 0 Å². The first-order chi connectivity index (χ1) is 5.27. The summed E-state index contributed by atoms with van der Waals surface area (Å²) in [6.07, 6.45) is 1.74. The van der Waals surface area contributed by atoms with Crippen LogP contribution in [-0.2, 0) is 4.74 Å². The molecule has 0 radical (unpaired) electrons. The van der Waals surface area contributed by atoms with Gasteiger partial charge in [-0.2, -0.15) is 0 Å². The van der Waals surface area contributed by atoms with Crippen LogP contribution in [0.25, 0.3) is 0 Å². The van der Waals surface area contributed by atoms with Crippen molar-refractivity contribution in [2.24, 2.45) is 5.92 Å². The van der Waals surface area contributed by atoms with Crippen LogP contribution in [-0.4, -0.2) is 37.7 Å². The molecule has 1 aliphatic rings. The van der Waals surface area contributed by atoms with Crippen LogP contribution in [0.3, 0.4) is 0 Å². The Labute approximate surface area is 69.5 Å². The molecule has 66 valence electrons. The molecule has 1 heterocycles. The third-order valence-corrected chi connectivity index (χ3v) is 2.79. The average Bonchev–Trinajstić information content (AvgIpc) is 2.50. The zero-order valence-electron chi connectivity index (χ0n) is 7.84. The van der Waals surface area contributed by atoms with Crippen LogP contribution in [0.1, 0.15) is 20.3 Å². The molecule has 0 bridgehead atoms. The standard InChI is InChI=1S/C9H19NO/c1-4-10-6-5-9(7-10)8(2)11-3/h8-9H,4-7H2,1-3H3. The third kappa shape index (κ3) is 2.17. The van der Waals surface area contributed by atoms with Gasteiger partial charge in [0.25, 0.3) is 0 Å². The highest BCUT2D eigenvalue weighted by Gasteiger charge is 2.25. The molecular weight excluding hydrogens is 138 g/mol. The molecule has 0 aromatic heterocycles. The number of likely N-dealkylation sites (tertiary alicyclic amines) is 1. The maximum absolute atomic E-state index is 5.30. The predicted molar refractivity (Wildman–Crippen MR) is 46.7 cm³/mol. The molecule has 2 unspecified atom stereocenters. The molecule has 2 heteroatoms. The molecule has 0 aromatic rings. The molecule has 1 fully saturated rings. The van der Waals surface area contributed by atoms with Gasteiger partial charge in [0.05, 0.1) is 6.10 Å². The summed E-state index contributed by atoms with van der Waals surface area (Å²) >= 11 is 0. The van der Waals surface area contributed by atoms with Crippen LogP contribution in [0.15, 0.2) is 0 Å². The van der Waals surface area contributed by atoms with E-state index in [2.05, 4.69) is 18.7 Å². The Morgan fingerprint density at radius 2 is 2.36 bits per heavy atom. The fourth-order valence-corrected chi connectivity index (χ4v) is 1.73. The first-order valence-electron chi connectivity index (χ1n) is 4.53. The van der Waals surface area contributed by atoms with E-state index in [0.29, 0.717) is 6.10 Å². The van der Waals surface area contributed by atoms with Crippen LogP contribution in [0, 0.1) is 5.92 Å². The fourth-order valence-electron chi connectivity index (χ4n) is 1.73. The summed E-state index contributed by atoms with van der Waals surface area (Å²) in [5.41, 5.74) is 0. The third-order valence-electron chi connectivity index (χ3n) is 2.79. The molecular formula is C9H19NO. The Balaban J connectivity index is 2.29. The minimum absolute atomic E-state index is 0.437. The van der Waals surface area contributed by atoms with Gasteiger partial charge in [0, 0.05) is 13.7 Å². The van der Waals surface area contributed by atoms with Crippen LogP contribution in [0.2, 0.25) is 0 Å². The van der Waals surface area contributed by atoms with E-state index in [0.717, 1.165) is 5.92 Å². The maximum Gasteiger partial charge on any atom is 0.0584 e. The highest BCUT2D eigenvalue weighted by Crippen LogP contribution is 2.20. The topological polar surface area (TPSA) is 12.5 Å². The Kier molecular flexibility index (Phi) is 3.34. The molecule has 1 saturated heterocycles.